The molecule has 0 spiro atoms. The maximum absolute atomic E-state index is 12.4. The van der Waals surface area contributed by atoms with Crippen LogP contribution in [0, 0.1) is 5.92 Å². The summed E-state index contributed by atoms with van der Waals surface area (Å²) in [5.74, 6) is -0.839. The molecule has 1 aromatic carbocycles. The number of nitrogens with one attached hydrogen (secondary N) is 1. The fourth-order valence-corrected chi connectivity index (χ4v) is 2.67. The molecule has 1 unspecified atom stereocenters. The zero-order valence-corrected chi connectivity index (χ0v) is 11.9. The van der Waals surface area contributed by atoms with E-state index in [1.54, 1.807) is 6.20 Å². The van der Waals surface area contributed by atoms with Gasteiger partial charge in [-0.3, -0.25) is 4.79 Å². The SMILES string of the molecule is Cn1cc(C(=O)NC(CC2CC2)C(=O)O)c2ccccc21. The first-order chi connectivity index (χ1) is 10.1. The third-order valence-electron chi connectivity index (χ3n) is 4.01. The van der Waals surface area contributed by atoms with E-state index in [0.717, 1.165) is 23.7 Å². The third kappa shape index (κ3) is 2.77. The lowest BCUT2D eigenvalue weighted by molar-refractivity contribution is -0.139. The van der Waals surface area contributed by atoms with Crippen molar-refractivity contribution >= 4 is 22.8 Å². The molecule has 1 aliphatic carbocycles. The Kier molecular flexibility index (Phi) is 3.41. The van der Waals surface area contributed by atoms with Gasteiger partial charge in [0.2, 0.25) is 0 Å². The summed E-state index contributed by atoms with van der Waals surface area (Å²) in [5, 5.41) is 12.7. The summed E-state index contributed by atoms with van der Waals surface area (Å²) in [6.45, 7) is 0. The Labute approximate surface area is 122 Å². The van der Waals surface area contributed by atoms with Gasteiger partial charge < -0.3 is 15.0 Å². The number of aromatic nitrogens is 1. The first kappa shape index (κ1) is 13.7. The molecule has 1 atom stereocenters. The molecule has 0 radical (unpaired) electrons. The molecule has 1 fully saturated rings. The quantitative estimate of drug-likeness (QED) is 0.884. The van der Waals surface area contributed by atoms with Crippen molar-refractivity contribution in [3.8, 4) is 0 Å². The van der Waals surface area contributed by atoms with Crippen molar-refractivity contribution in [1.29, 1.82) is 0 Å². The van der Waals surface area contributed by atoms with E-state index >= 15 is 0 Å². The van der Waals surface area contributed by atoms with Crippen molar-refractivity contribution in [1.82, 2.24) is 9.88 Å². The van der Waals surface area contributed by atoms with Crippen LogP contribution in [-0.2, 0) is 11.8 Å². The number of aliphatic carboxylic acids is 1. The minimum atomic E-state index is -0.963. The molecule has 5 nitrogen and oxygen atoms in total. The van der Waals surface area contributed by atoms with Gasteiger partial charge in [0.15, 0.2) is 0 Å². The number of carboxylic acids is 1. The van der Waals surface area contributed by atoms with Crippen LogP contribution in [0.2, 0.25) is 0 Å². The minimum Gasteiger partial charge on any atom is -0.480 e. The van der Waals surface area contributed by atoms with Crippen molar-refractivity contribution in [2.24, 2.45) is 13.0 Å². The van der Waals surface area contributed by atoms with E-state index in [1.165, 1.54) is 0 Å². The van der Waals surface area contributed by atoms with E-state index in [-0.39, 0.29) is 5.91 Å². The average Bonchev–Trinajstić information content (AvgIpc) is 3.21. The van der Waals surface area contributed by atoms with E-state index in [4.69, 9.17) is 0 Å². The number of hydrogen-bond acceptors (Lipinski definition) is 2. The lowest BCUT2D eigenvalue weighted by Gasteiger charge is -2.13. The van der Waals surface area contributed by atoms with E-state index in [2.05, 4.69) is 5.32 Å². The van der Waals surface area contributed by atoms with Gasteiger partial charge >= 0.3 is 5.97 Å². The summed E-state index contributed by atoms with van der Waals surface area (Å²) < 4.78 is 1.88. The maximum atomic E-state index is 12.4. The standard InChI is InChI=1S/C16H18N2O3/c1-18-9-12(11-4-2-3-5-14(11)18)15(19)17-13(16(20)21)8-10-6-7-10/h2-5,9-10,13H,6-8H2,1H3,(H,17,19)(H,20,21). The largest absolute Gasteiger partial charge is 0.480 e. The zero-order valence-electron chi connectivity index (χ0n) is 11.9. The Bertz CT molecular complexity index is 701. The van der Waals surface area contributed by atoms with Gasteiger partial charge in [-0.05, 0) is 18.4 Å². The summed E-state index contributed by atoms with van der Waals surface area (Å²) in [7, 11) is 1.87. The summed E-state index contributed by atoms with van der Waals surface area (Å²) in [6, 6.07) is 6.80. The molecule has 0 aliphatic heterocycles. The molecule has 1 heterocycles. The van der Waals surface area contributed by atoms with Gasteiger partial charge in [-0.2, -0.15) is 0 Å². The summed E-state index contributed by atoms with van der Waals surface area (Å²) >= 11 is 0. The Balaban J connectivity index is 1.84. The molecule has 21 heavy (non-hydrogen) atoms. The van der Waals surface area contributed by atoms with E-state index in [9.17, 15) is 14.7 Å². The maximum Gasteiger partial charge on any atom is 0.326 e. The number of benzene rings is 1. The number of para-hydroxylation sites is 1. The van der Waals surface area contributed by atoms with Crippen LogP contribution >= 0.6 is 0 Å². The van der Waals surface area contributed by atoms with E-state index < -0.39 is 12.0 Å². The Hall–Kier alpha value is -2.30. The molecule has 2 N–H and O–H groups in total. The number of amides is 1. The zero-order chi connectivity index (χ0) is 15.0. The monoisotopic (exact) mass is 286 g/mol. The molecule has 0 bridgehead atoms. The molecule has 1 saturated carbocycles. The summed E-state index contributed by atoms with van der Waals surface area (Å²) in [4.78, 5) is 23.7. The summed E-state index contributed by atoms with van der Waals surface area (Å²) in [6.07, 6.45) is 4.39. The highest BCUT2D eigenvalue weighted by molar-refractivity contribution is 6.07. The molecule has 3 rings (SSSR count). The Morgan fingerprint density at radius 3 is 2.76 bits per heavy atom. The number of fused-ring (bicyclic) bond motifs is 1. The second-order valence-corrected chi connectivity index (χ2v) is 5.71. The normalized spacial score (nSPS) is 15.9. The third-order valence-corrected chi connectivity index (χ3v) is 4.01. The van der Waals surface area contributed by atoms with Crippen molar-refractivity contribution in [2.45, 2.75) is 25.3 Å². The minimum absolute atomic E-state index is 0.320. The van der Waals surface area contributed by atoms with Crippen LogP contribution in [-0.4, -0.2) is 27.6 Å². The van der Waals surface area contributed by atoms with Crippen molar-refractivity contribution in [2.75, 3.05) is 0 Å². The van der Waals surface area contributed by atoms with Gasteiger partial charge in [-0.1, -0.05) is 31.0 Å². The first-order valence-electron chi connectivity index (χ1n) is 7.14. The smallest absolute Gasteiger partial charge is 0.326 e. The number of carbonyl (C=O) groups excluding carboxylic acids is 1. The molecule has 110 valence electrons. The number of rotatable bonds is 5. The topological polar surface area (TPSA) is 71.3 Å². The molecular weight excluding hydrogens is 268 g/mol. The fourth-order valence-electron chi connectivity index (χ4n) is 2.67. The molecule has 0 saturated heterocycles. The van der Waals surface area contributed by atoms with Crippen molar-refractivity contribution in [3.63, 3.8) is 0 Å². The Morgan fingerprint density at radius 1 is 1.38 bits per heavy atom. The fraction of sp³-hybridized carbons (Fsp3) is 0.375. The lowest BCUT2D eigenvalue weighted by Crippen LogP contribution is -2.41. The number of carboxylic acid groups (broad SMARTS) is 1. The molecule has 2 aromatic rings. The molecule has 5 heteroatoms. The first-order valence-corrected chi connectivity index (χ1v) is 7.14. The van der Waals surface area contributed by atoms with Crippen LogP contribution in [0.3, 0.4) is 0 Å². The molecule has 1 aromatic heterocycles. The van der Waals surface area contributed by atoms with Gasteiger partial charge in [0, 0.05) is 24.1 Å². The van der Waals surface area contributed by atoms with Crippen molar-refractivity contribution < 1.29 is 14.7 Å². The number of aryl methyl sites for hydroxylation is 1. The van der Waals surface area contributed by atoms with Crippen LogP contribution in [0.5, 0.6) is 0 Å². The number of nitrogens with zero attached hydrogens (tertiary/aromatic N) is 1. The summed E-state index contributed by atoms with van der Waals surface area (Å²) in [5.41, 5.74) is 1.48. The number of hydrogen-bond donors (Lipinski definition) is 2. The second-order valence-electron chi connectivity index (χ2n) is 5.71. The van der Waals surface area contributed by atoms with Crippen LogP contribution in [0.25, 0.3) is 10.9 Å². The van der Waals surface area contributed by atoms with Crippen LogP contribution in [0.1, 0.15) is 29.6 Å². The lowest BCUT2D eigenvalue weighted by atomic mass is 10.1. The van der Waals surface area contributed by atoms with E-state index in [1.807, 2.05) is 35.9 Å². The van der Waals surface area contributed by atoms with E-state index in [0.29, 0.717) is 17.9 Å². The van der Waals surface area contributed by atoms with Gasteiger partial charge in [0.25, 0.3) is 5.91 Å². The molecule has 1 amide bonds. The Morgan fingerprint density at radius 2 is 2.10 bits per heavy atom. The van der Waals surface area contributed by atoms with Gasteiger partial charge in [0.05, 0.1) is 5.56 Å². The van der Waals surface area contributed by atoms with Crippen LogP contribution in [0.15, 0.2) is 30.5 Å². The predicted octanol–water partition coefficient (Wildman–Crippen LogP) is 2.16. The molecular formula is C16H18N2O3. The average molecular weight is 286 g/mol. The van der Waals surface area contributed by atoms with Gasteiger partial charge in [-0.25, -0.2) is 4.79 Å². The second kappa shape index (κ2) is 5.24. The number of carbonyl (C=O) groups is 2. The predicted molar refractivity (Wildman–Crippen MR) is 79.2 cm³/mol. The van der Waals surface area contributed by atoms with Gasteiger partial charge in [-0.15, -0.1) is 0 Å². The molecule has 1 aliphatic rings. The highest BCUT2D eigenvalue weighted by Gasteiger charge is 2.30. The van der Waals surface area contributed by atoms with Crippen molar-refractivity contribution in [3.05, 3.63) is 36.0 Å². The highest BCUT2D eigenvalue weighted by Crippen LogP contribution is 2.33. The van der Waals surface area contributed by atoms with Crippen LogP contribution in [0.4, 0.5) is 0 Å². The van der Waals surface area contributed by atoms with Crippen LogP contribution < -0.4 is 5.32 Å². The highest BCUT2D eigenvalue weighted by atomic mass is 16.4. The van der Waals surface area contributed by atoms with Gasteiger partial charge in [0.1, 0.15) is 6.04 Å².